The maximum Gasteiger partial charge on any atom is 0.268 e. The Hall–Kier alpha value is -3.57. The third-order valence-corrected chi connectivity index (χ3v) is 5.02. The summed E-state index contributed by atoms with van der Waals surface area (Å²) in [6.07, 6.45) is 1.65. The molecule has 5 nitrogen and oxygen atoms in total. The molecule has 0 heterocycles. The fourth-order valence-corrected chi connectivity index (χ4v) is 3.09. The van der Waals surface area contributed by atoms with Gasteiger partial charge >= 0.3 is 0 Å². The predicted molar refractivity (Wildman–Crippen MR) is 126 cm³/mol. The summed E-state index contributed by atoms with van der Waals surface area (Å²) in [6.45, 7) is 0.247. The van der Waals surface area contributed by atoms with Crippen LogP contribution in [0.2, 0.25) is 5.02 Å². The molecule has 0 saturated heterocycles. The number of nitrogens with one attached hydrogen (secondary N) is 2. The van der Waals surface area contributed by atoms with Gasteiger partial charge in [0.05, 0.1) is 0 Å². The summed E-state index contributed by atoms with van der Waals surface area (Å²) in [5.74, 6) is -0.759. The Morgan fingerprint density at radius 3 is 2.19 bits per heavy atom. The molecule has 0 unspecified atom stereocenters. The minimum absolute atomic E-state index is 0.151. The number of rotatable bonds is 7. The van der Waals surface area contributed by atoms with Crippen LogP contribution in [0.5, 0.6) is 0 Å². The van der Waals surface area contributed by atoms with E-state index in [2.05, 4.69) is 10.6 Å². The van der Waals surface area contributed by atoms with Crippen molar-refractivity contribution in [3.05, 3.63) is 106 Å². The topological polar surface area (TPSA) is 61.4 Å². The maximum absolute atomic E-state index is 12.9. The van der Waals surface area contributed by atoms with Crippen LogP contribution in [-0.4, -0.2) is 25.9 Å². The number of carbonyl (C=O) groups is 2. The van der Waals surface area contributed by atoms with Crippen LogP contribution in [0.4, 0.5) is 5.69 Å². The van der Waals surface area contributed by atoms with Gasteiger partial charge in [-0.2, -0.15) is 0 Å². The van der Waals surface area contributed by atoms with Crippen LogP contribution in [0.1, 0.15) is 21.5 Å². The molecule has 0 fully saturated rings. The van der Waals surface area contributed by atoms with Crippen molar-refractivity contribution in [1.29, 1.82) is 0 Å². The number of hydrogen-bond acceptors (Lipinski definition) is 3. The van der Waals surface area contributed by atoms with Crippen LogP contribution >= 0.6 is 11.6 Å². The first kappa shape index (κ1) is 22.1. The number of amides is 2. The van der Waals surface area contributed by atoms with Crippen molar-refractivity contribution in [1.82, 2.24) is 10.6 Å². The number of hydrogen-bond donors (Lipinski definition) is 2. The molecule has 3 aromatic carbocycles. The first-order chi connectivity index (χ1) is 14.9. The number of nitrogens with zero attached hydrogens (tertiary/aromatic N) is 1. The second kappa shape index (κ2) is 10.5. The van der Waals surface area contributed by atoms with Gasteiger partial charge in [0, 0.05) is 36.9 Å². The normalized spacial score (nSPS) is 11.0. The lowest BCUT2D eigenvalue weighted by molar-refractivity contribution is -0.117. The molecule has 0 atom stereocenters. The van der Waals surface area contributed by atoms with Crippen molar-refractivity contribution in [2.75, 3.05) is 19.0 Å². The molecule has 0 aliphatic rings. The lowest BCUT2D eigenvalue weighted by Gasteiger charge is -2.13. The summed E-state index contributed by atoms with van der Waals surface area (Å²) in [6, 6.07) is 23.7. The van der Waals surface area contributed by atoms with E-state index in [4.69, 9.17) is 11.6 Å². The zero-order chi connectivity index (χ0) is 22.2. The van der Waals surface area contributed by atoms with Gasteiger partial charge in [0.15, 0.2) is 0 Å². The van der Waals surface area contributed by atoms with Gasteiger partial charge in [-0.3, -0.25) is 9.59 Å². The Morgan fingerprint density at radius 2 is 1.55 bits per heavy atom. The summed E-state index contributed by atoms with van der Waals surface area (Å²) in [5.41, 5.74) is 3.24. The van der Waals surface area contributed by atoms with Crippen molar-refractivity contribution in [3.63, 3.8) is 0 Å². The Balaban J connectivity index is 1.83. The quantitative estimate of drug-likeness (QED) is 0.539. The highest BCUT2D eigenvalue weighted by molar-refractivity contribution is 6.31. The fraction of sp³-hybridized carbons (Fsp3) is 0.120. The Labute approximate surface area is 187 Å². The van der Waals surface area contributed by atoms with Crippen LogP contribution in [-0.2, 0) is 11.3 Å². The molecule has 3 rings (SSSR count). The van der Waals surface area contributed by atoms with Crippen molar-refractivity contribution in [2.45, 2.75) is 6.54 Å². The first-order valence-electron chi connectivity index (χ1n) is 9.81. The van der Waals surface area contributed by atoms with Crippen LogP contribution in [0.3, 0.4) is 0 Å². The lowest BCUT2D eigenvalue weighted by Crippen LogP contribution is -2.34. The molecule has 6 heteroatoms. The number of halogens is 1. The highest BCUT2D eigenvalue weighted by Gasteiger charge is 2.15. The van der Waals surface area contributed by atoms with Gasteiger partial charge < -0.3 is 15.5 Å². The number of anilines is 1. The molecule has 2 amide bonds. The molecule has 0 aliphatic carbocycles. The molecule has 2 N–H and O–H groups in total. The third kappa shape index (κ3) is 6.20. The highest BCUT2D eigenvalue weighted by atomic mass is 35.5. The molecule has 0 aliphatic heterocycles. The molecule has 0 bridgehead atoms. The second-order valence-corrected chi connectivity index (χ2v) is 7.55. The van der Waals surface area contributed by atoms with Crippen LogP contribution in [0, 0.1) is 0 Å². The van der Waals surface area contributed by atoms with Crippen LogP contribution in [0.25, 0.3) is 6.08 Å². The molecule has 0 spiro atoms. The summed E-state index contributed by atoms with van der Waals surface area (Å²) in [4.78, 5) is 27.6. The van der Waals surface area contributed by atoms with E-state index in [1.54, 1.807) is 36.4 Å². The minimum atomic E-state index is -0.402. The Morgan fingerprint density at radius 1 is 0.903 bits per heavy atom. The van der Waals surface area contributed by atoms with E-state index in [-0.39, 0.29) is 18.1 Å². The van der Waals surface area contributed by atoms with Gasteiger partial charge in [0.25, 0.3) is 11.8 Å². The monoisotopic (exact) mass is 433 g/mol. The standard InChI is InChI=1S/C25H24ClN3O2/c1-29(2)21-14-12-18(13-15-21)16-23(28-24(30)19-8-4-3-5-9-19)25(31)27-17-20-10-6-7-11-22(20)26/h3-16H,17H2,1-2H3,(H,27,31)(H,28,30)/b23-16+. The smallest absolute Gasteiger partial charge is 0.268 e. The average molecular weight is 434 g/mol. The van der Waals surface area contributed by atoms with E-state index in [1.807, 2.05) is 67.5 Å². The largest absolute Gasteiger partial charge is 0.378 e. The van der Waals surface area contributed by atoms with Crippen molar-refractivity contribution >= 4 is 35.2 Å². The van der Waals surface area contributed by atoms with E-state index in [0.29, 0.717) is 10.6 Å². The summed E-state index contributed by atoms with van der Waals surface area (Å²) < 4.78 is 0. The number of benzene rings is 3. The molecule has 31 heavy (non-hydrogen) atoms. The van der Waals surface area contributed by atoms with Crippen molar-refractivity contribution in [2.24, 2.45) is 0 Å². The molecule has 3 aromatic rings. The first-order valence-corrected chi connectivity index (χ1v) is 10.2. The summed E-state index contributed by atoms with van der Waals surface area (Å²) >= 11 is 6.18. The second-order valence-electron chi connectivity index (χ2n) is 7.14. The third-order valence-electron chi connectivity index (χ3n) is 4.65. The lowest BCUT2D eigenvalue weighted by atomic mass is 10.1. The van der Waals surface area contributed by atoms with E-state index in [9.17, 15) is 9.59 Å². The Bertz CT molecular complexity index is 1080. The Kier molecular flexibility index (Phi) is 7.46. The molecule has 0 aromatic heterocycles. The van der Waals surface area contributed by atoms with Gasteiger partial charge in [0.2, 0.25) is 0 Å². The molecule has 158 valence electrons. The van der Waals surface area contributed by atoms with Crippen molar-refractivity contribution in [3.8, 4) is 0 Å². The van der Waals surface area contributed by atoms with E-state index >= 15 is 0 Å². The minimum Gasteiger partial charge on any atom is -0.378 e. The maximum atomic E-state index is 12.9. The molecular formula is C25H24ClN3O2. The van der Waals surface area contributed by atoms with Gasteiger partial charge in [-0.15, -0.1) is 0 Å². The highest BCUT2D eigenvalue weighted by Crippen LogP contribution is 2.16. The average Bonchev–Trinajstić information content (AvgIpc) is 2.78. The van der Waals surface area contributed by atoms with Gasteiger partial charge in [-0.05, 0) is 47.5 Å². The zero-order valence-electron chi connectivity index (χ0n) is 17.4. The summed E-state index contributed by atoms with van der Waals surface area (Å²) in [7, 11) is 3.91. The predicted octanol–water partition coefficient (Wildman–Crippen LogP) is 4.49. The SMILES string of the molecule is CN(C)c1ccc(/C=C(/NC(=O)c2ccccc2)C(=O)NCc2ccccc2Cl)cc1. The molecular weight excluding hydrogens is 410 g/mol. The van der Waals surface area contributed by atoms with Gasteiger partial charge in [0.1, 0.15) is 5.70 Å². The summed E-state index contributed by atoms with van der Waals surface area (Å²) in [5, 5.41) is 6.14. The van der Waals surface area contributed by atoms with Gasteiger partial charge in [-0.25, -0.2) is 0 Å². The fourth-order valence-electron chi connectivity index (χ4n) is 2.89. The van der Waals surface area contributed by atoms with E-state index < -0.39 is 5.91 Å². The van der Waals surface area contributed by atoms with Crippen LogP contribution < -0.4 is 15.5 Å². The molecule has 0 radical (unpaired) electrons. The van der Waals surface area contributed by atoms with Crippen LogP contribution in [0.15, 0.2) is 84.6 Å². The zero-order valence-corrected chi connectivity index (χ0v) is 18.2. The van der Waals surface area contributed by atoms with Gasteiger partial charge in [-0.1, -0.05) is 60.1 Å². The van der Waals surface area contributed by atoms with E-state index in [1.165, 1.54) is 0 Å². The van der Waals surface area contributed by atoms with E-state index in [0.717, 1.165) is 16.8 Å². The van der Waals surface area contributed by atoms with Crippen molar-refractivity contribution < 1.29 is 9.59 Å². The number of carbonyl (C=O) groups excluding carboxylic acids is 2. The molecule has 0 saturated carbocycles.